The Hall–Kier alpha value is -0.120. The number of hydrogen-bond acceptors (Lipinski definition) is 3. The largest absolute Gasteiger partial charge is 0.314 e. The Morgan fingerprint density at radius 2 is 1.93 bits per heavy atom. The summed E-state index contributed by atoms with van der Waals surface area (Å²) in [6.07, 6.45) is 4.17. The Bertz CT molecular complexity index is 178. The van der Waals surface area contributed by atoms with Crippen LogP contribution in [0.15, 0.2) is 0 Å². The number of likely N-dealkylation sites (tertiary alicyclic amines) is 1. The Kier molecular flexibility index (Phi) is 4.42. The van der Waals surface area contributed by atoms with Crippen LogP contribution in [0.2, 0.25) is 0 Å². The summed E-state index contributed by atoms with van der Waals surface area (Å²) >= 11 is 0. The molecule has 0 saturated carbocycles. The van der Waals surface area contributed by atoms with Gasteiger partial charge in [-0.05, 0) is 45.8 Å². The minimum Gasteiger partial charge on any atom is -0.314 e. The van der Waals surface area contributed by atoms with Gasteiger partial charge in [-0.2, -0.15) is 0 Å². The molecule has 3 heteroatoms. The number of rotatable bonds is 4. The highest BCUT2D eigenvalue weighted by Crippen LogP contribution is 2.16. The third-order valence-electron chi connectivity index (χ3n) is 3.82. The summed E-state index contributed by atoms with van der Waals surface area (Å²) < 4.78 is 0. The van der Waals surface area contributed by atoms with Crippen LogP contribution in [0, 0.1) is 0 Å². The van der Waals surface area contributed by atoms with Crippen LogP contribution in [0.5, 0.6) is 0 Å². The molecule has 0 aromatic rings. The molecule has 1 unspecified atom stereocenters. The molecule has 2 aliphatic rings. The summed E-state index contributed by atoms with van der Waals surface area (Å²) in [5.41, 5.74) is 0. The van der Waals surface area contributed by atoms with E-state index in [1.165, 1.54) is 65.1 Å². The molecule has 0 bridgehead atoms. The minimum absolute atomic E-state index is 0.841. The monoisotopic (exact) mass is 211 g/mol. The summed E-state index contributed by atoms with van der Waals surface area (Å²) in [5.74, 6) is 0. The molecule has 2 fully saturated rings. The van der Waals surface area contributed by atoms with Crippen LogP contribution in [-0.4, -0.2) is 61.7 Å². The molecule has 0 aliphatic carbocycles. The van der Waals surface area contributed by atoms with Gasteiger partial charge in [0.1, 0.15) is 0 Å². The first-order valence-corrected chi connectivity index (χ1v) is 6.53. The zero-order chi connectivity index (χ0) is 10.5. The predicted octanol–water partition coefficient (Wildman–Crippen LogP) is 0.766. The summed E-state index contributed by atoms with van der Waals surface area (Å²) in [7, 11) is 0. The first kappa shape index (κ1) is 11.4. The van der Waals surface area contributed by atoms with Gasteiger partial charge in [0.05, 0.1) is 0 Å². The van der Waals surface area contributed by atoms with Crippen molar-refractivity contribution in [1.82, 2.24) is 15.1 Å². The fraction of sp³-hybridized carbons (Fsp3) is 1.00. The van der Waals surface area contributed by atoms with Gasteiger partial charge in [-0.25, -0.2) is 0 Å². The average Bonchev–Trinajstić information content (AvgIpc) is 2.66. The quantitative estimate of drug-likeness (QED) is 0.741. The molecule has 88 valence electrons. The van der Waals surface area contributed by atoms with E-state index < -0.39 is 0 Å². The van der Waals surface area contributed by atoms with Gasteiger partial charge in [0.2, 0.25) is 0 Å². The first-order chi connectivity index (χ1) is 7.36. The topological polar surface area (TPSA) is 18.5 Å². The molecule has 1 atom stereocenters. The SMILES string of the molecule is CC1CCCN1CCCN1CCNCC1. The van der Waals surface area contributed by atoms with Crippen molar-refractivity contribution >= 4 is 0 Å². The van der Waals surface area contributed by atoms with Crippen molar-refractivity contribution in [3.63, 3.8) is 0 Å². The van der Waals surface area contributed by atoms with E-state index in [9.17, 15) is 0 Å². The van der Waals surface area contributed by atoms with Crippen molar-refractivity contribution < 1.29 is 0 Å². The molecular formula is C12H25N3. The smallest absolute Gasteiger partial charge is 0.0107 e. The van der Waals surface area contributed by atoms with E-state index in [4.69, 9.17) is 0 Å². The highest BCUT2D eigenvalue weighted by molar-refractivity contribution is 4.75. The van der Waals surface area contributed by atoms with Crippen LogP contribution < -0.4 is 5.32 Å². The Labute approximate surface area is 93.8 Å². The molecular weight excluding hydrogens is 186 g/mol. The zero-order valence-electron chi connectivity index (χ0n) is 10.0. The van der Waals surface area contributed by atoms with Crippen LogP contribution >= 0.6 is 0 Å². The van der Waals surface area contributed by atoms with E-state index in [0.717, 1.165) is 6.04 Å². The van der Waals surface area contributed by atoms with Gasteiger partial charge in [-0.3, -0.25) is 0 Å². The van der Waals surface area contributed by atoms with Crippen molar-refractivity contribution in [3.05, 3.63) is 0 Å². The number of hydrogen-bond donors (Lipinski definition) is 1. The molecule has 2 heterocycles. The number of piperazine rings is 1. The summed E-state index contributed by atoms with van der Waals surface area (Å²) in [4.78, 5) is 5.25. The molecule has 0 radical (unpaired) electrons. The summed E-state index contributed by atoms with van der Waals surface area (Å²) in [5, 5.41) is 3.40. The van der Waals surface area contributed by atoms with E-state index in [-0.39, 0.29) is 0 Å². The van der Waals surface area contributed by atoms with Gasteiger partial charge in [-0.1, -0.05) is 0 Å². The second-order valence-electron chi connectivity index (χ2n) is 4.97. The second kappa shape index (κ2) is 5.83. The zero-order valence-corrected chi connectivity index (χ0v) is 10.0. The van der Waals surface area contributed by atoms with E-state index in [1.807, 2.05) is 0 Å². The van der Waals surface area contributed by atoms with Gasteiger partial charge in [0.15, 0.2) is 0 Å². The fourth-order valence-electron chi connectivity index (χ4n) is 2.76. The maximum absolute atomic E-state index is 3.40. The van der Waals surface area contributed by atoms with Crippen LogP contribution in [0.4, 0.5) is 0 Å². The number of nitrogens with one attached hydrogen (secondary N) is 1. The van der Waals surface area contributed by atoms with Gasteiger partial charge in [-0.15, -0.1) is 0 Å². The van der Waals surface area contributed by atoms with Gasteiger partial charge < -0.3 is 15.1 Å². The van der Waals surface area contributed by atoms with Crippen LogP contribution in [0.1, 0.15) is 26.2 Å². The van der Waals surface area contributed by atoms with Crippen molar-refractivity contribution in [2.75, 3.05) is 45.8 Å². The van der Waals surface area contributed by atoms with Crippen LogP contribution in [0.3, 0.4) is 0 Å². The molecule has 2 saturated heterocycles. The van der Waals surface area contributed by atoms with Crippen molar-refractivity contribution in [2.24, 2.45) is 0 Å². The predicted molar refractivity (Wildman–Crippen MR) is 64.2 cm³/mol. The van der Waals surface area contributed by atoms with Gasteiger partial charge in [0.25, 0.3) is 0 Å². The Balaban J connectivity index is 1.57. The lowest BCUT2D eigenvalue weighted by Gasteiger charge is -2.28. The van der Waals surface area contributed by atoms with E-state index in [1.54, 1.807) is 0 Å². The standard InChI is InChI=1S/C12H25N3/c1-12-4-2-8-15(12)9-3-7-14-10-5-13-6-11-14/h12-13H,2-11H2,1H3. The number of nitrogens with zero attached hydrogens (tertiary/aromatic N) is 2. The van der Waals surface area contributed by atoms with Crippen LogP contribution in [-0.2, 0) is 0 Å². The average molecular weight is 211 g/mol. The normalized spacial score (nSPS) is 29.8. The van der Waals surface area contributed by atoms with E-state index in [0.29, 0.717) is 0 Å². The molecule has 1 N–H and O–H groups in total. The minimum atomic E-state index is 0.841. The molecule has 2 rings (SSSR count). The fourth-order valence-corrected chi connectivity index (χ4v) is 2.76. The molecule has 2 aliphatic heterocycles. The summed E-state index contributed by atoms with van der Waals surface area (Å²) in [6.45, 7) is 11.2. The Morgan fingerprint density at radius 3 is 2.60 bits per heavy atom. The molecule has 0 spiro atoms. The molecule has 0 amide bonds. The van der Waals surface area contributed by atoms with Gasteiger partial charge in [0, 0.05) is 32.2 Å². The third-order valence-corrected chi connectivity index (χ3v) is 3.82. The van der Waals surface area contributed by atoms with Crippen molar-refractivity contribution in [1.29, 1.82) is 0 Å². The maximum Gasteiger partial charge on any atom is 0.0107 e. The van der Waals surface area contributed by atoms with Crippen LogP contribution in [0.25, 0.3) is 0 Å². The van der Waals surface area contributed by atoms with Gasteiger partial charge >= 0.3 is 0 Å². The lowest BCUT2D eigenvalue weighted by atomic mass is 10.2. The molecule has 15 heavy (non-hydrogen) atoms. The third kappa shape index (κ3) is 3.44. The van der Waals surface area contributed by atoms with E-state index >= 15 is 0 Å². The maximum atomic E-state index is 3.40. The van der Waals surface area contributed by atoms with Crippen molar-refractivity contribution in [2.45, 2.75) is 32.2 Å². The van der Waals surface area contributed by atoms with E-state index in [2.05, 4.69) is 22.0 Å². The lowest BCUT2D eigenvalue weighted by molar-refractivity contribution is 0.208. The highest BCUT2D eigenvalue weighted by atomic mass is 15.2. The highest BCUT2D eigenvalue weighted by Gasteiger charge is 2.19. The lowest BCUT2D eigenvalue weighted by Crippen LogP contribution is -2.44. The molecule has 0 aromatic heterocycles. The first-order valence-electron chi connectivity index (χ1n) is 6.53. The Morgan fingerprint density at radius 1 is 1.13 bits per heavy atom. The molecule has 3 nitrogen and oxygen atoms in total. The van der Waals surface area contributed by atoms with Crippen molar-refractivity contribution in [3.8, 4) is 0 Å². The summed E-state index contributed by atoms with van der Waals surface area (Å²) in [6, 6.07) is 0.841. The second-order valence-corrected chi connectivity index (χ2v) is 4.97. The molecule has 0 aromatic carbocycles.